The van der Waals surface area contributed by atoms with Gasteiger partial charge in [-0.25, -0.2) is 4.39 Å². The van der Waals surface area contributed by atoms with Crippen LogP contribution in [0.25, 0.3) is 0 Å². The van der Waals surface area contributed by atoms with Gasteiger partial charge in [0.2, 0.25) is 0 Å². The molecule has 3 rings (SSSR count). The highest BCUT2D eigenvalue weighted by atomic mass is 19.1. The van der Waals surface area contributed by atoms with Gasteiger partial charge in [0.15, 0.2) is 0 Å². The van der Waals surface area contributed by atoms with Crippen molar-refractivity contribution >= 4 is 0 Å². The molecule has 122 valence electrons. The number of epoxide rings is 1. The van der Waals surface area contributed by atoms with E-state index >= 15 is 0 Å². The van der Waals surface area contributed by atoms with Gasteiger partial charge in [-0.2, -0.15) is 0 Å². The molecule has 23 heavy (non-hydrogen) atoms. The molecule has 2 atom stereocenters. The maximum atomic E-state index is 13.5. The quantitative estimate of drug-likeness (QED) is 0.695. The summed E-state index contributed by atoms with van der Waals surface area (Å²) in [5.41, 5.74) is 1.97. The first kappa shape index (κ1) is 16.0. The van der Waals surface area contributed by atoms with Crippen molar-refractivity contribution in [2.24, 2.45) is 0 Å². The lowest BCUT2D eigenvalue weighted by atomic mass is 10.1. The Morgan fingerprint density at radius 1 is 1.09 bits per heavy atom. The van der Waals surface area contributed by atoms with Gasteiger partial charge in [-0.15, -0.1) is 0 Å². The summed E-state index contributed by atoms with van der Waals surface area (Å²) in [6.45, 7) is 1.09. The summed E-state index contributed by atoms with van der Waals surface area (Å²) in [5.74, 6) is 0.497. The first-order valence-corrected chi connectivity index (χ1v) is 7.86. The molecule has 2 aromatic carbocycles. The normalized spacial score (nSPS) is 19.6. The number of methoxy groups -OCH3 is 1. The second-order valence-electron chi connectivity index (χ2n) is 5.73. The van der Waals surface area contributed by atoms with Crippen LogP contribution in [-0.2, 0) is 22.5 Å². The van der Waals surface area contributed by atoms with Crippen molar-refractivity contribution in [1.29, 1.82) is 0 Å². The predicted octanol–water partition coefficient (Wildman–Crippen LogP) is 3.75. The second kappa shape index (κ2) is 7.57. The van der Waals surface area contributed by atoms with E-state index in [9.17, 15) is 4.39 Å². The number of rotatable bonds is 8. The fourth-order valence-electron chi connectivity index (χ4n) is 2.66. The summed E-state index contributed by atoms with van der Waals surface area (Å²) in [7, 11) is 1.67. The van der Waals surface area contributed by atoms with E-state index in [0.717, 1.165) is 29.7 Å². The van der Waals surface area contributed by atoms with E-state index in [-0.39, 0.29) is 18.0 Å². The molecule has 1 fully saturated rings. The average molecular weight is 316 g/mol. The van der Waals surface area contributed by atoms with Crippen LogP contribution < -0.4 is 4.74 Å². The Hall–Kier alpha value is -1.91. The van der Waals surface area contributed by atoms with Gasteiger partial charge in [0.25, 0.3) is 0 Å². The average Bonchev–Trinajstić information content (AvgIpc) is 3.31. The maximum Gasteiger partial charge on any atom is 0.123 e. The number of hydrogen-bond acceptors (Lipinski definition) is 3. The molecule has 1 aliphatic rings. The Bertz CT molecular complexity index is 630. The molecule has 2 aromatic rings. The van der Waals surface area contributed by atoms with Crippen molar-refractivity contribution in [3.05, 3.63) is 65.5 Å². The van der Waals surface area contributed by atoms with Gasteiger partial charge in [-0.1, -0.05) is 30.3 Å². The highest BCUT2D eigenvalue weighted by Crippen LogP contribution is 2.29. The zero-order valence-electron chi connectivity index (χ0n) is 13.2. The molecule has 0 radical (unpaired) electrons. The lowest BCUT2D eigenvalue weighted by Gasteiger charge is -2.11. The standard InChI is InChI=1S/C19H21FO3/c1-21-13-19-18(23-19)9-7-15-11-16(20)8-10-17(15)22-12-14-5-3-2-4-6-14/h2-6,8,10-11,18-19H,7,9,12-13H2,1H3. The summed E-state index contributed by atoms with van der Waals surface area (Å²) in [6, 6.07) is 14.6. The van der Waals surface area contributed by atoms with Gasteiger partial charge in [0, 0.05) is 7.11 Å². The van der Waals surface area contributed by atoms with Gasteiger partial charge in [-0.3, -0.25) is 0 Å². The van der Waals surface area contributed by atoms with Crippen molar-refractivity contribution in [3.8, 4) is 5.75 Å². The van der Waals surface area contributed by atoms with Gasteiger partial charge in [0.05, 0.1) is 12.7 Å². The Morgan fingerprint density at radius 2 is 1.91 bits per heavy atom. The lowest BCUT2D eigenvalue weighted by molar-refractivity contribution is 0.171. The van der Waals surface area contributed by atoms with Crippen LogP contribution in [0, 0.1) is 5.82 Å². The molecule has 0 aliphatic carbocycles. The first-order valence-electron chi connectivity index (χ1n) is 7.86. The molecule has 0 bridgehead atoms. The zero-order valence-corrected chi connectivity index (χ0v) is 13.2. The maximum absolute atomic E-state index is 13.5. The third-order valence-electron chi connectivity index (χ3n) is 3.98. The summed E-state index contributed by atoms with van der Waals surface area (Å²) < 4.78 is 30.0. The van der Waals surface area contributed by atoms with Crippen LogP contribution in [0.4, 0.5) is 4.39 Å². The van der Waals surface area contributed by atoms with Crippen LogP contribution in [0.5, 0.6) is 5.75 Å². The molecule has 0 saturated carbocycles. The molecule has 0 spiro atoms. The predicted molar refractivity (Wildman–Crippen MR) is 86.0 cm³/mol. The second-order valence-corrected chi connectivity index (χ2v) is 5.73. The fourth-order valence-corrected chi connectivity index (χ4v) is 2.66. The highest BCUT2D eigenvalue weighted by molar-refractivity contribution is 5.34. The van der Waals surface area contributed by atoms with Crippen molar-refractivity contribution < 1.29 is 18.6 Å². The van der Waals surface area contributed by atoms with Crippen LogP contribution in [0.15, 0.2) is 48.5 Å². The topological polar surface area (TPSA) is 31.0 Å². The smallest absolute Gasteiger partial charge is 0.123 e. The van der Waals surface area contributed by atoms with E-state index < -0.39 is 0 Å². The molecule has 0 aromatic heterocycles. The SMILES string of the molecule is COCC1OC1CCc1cc(F)ccc1OCc1ccccc1. The largest absolute Gasteiger partial charge is 0.489 e. The molecular weight excluding hydrogens is 295 g/mol. The molecular formula is C19H21FO3. The van der Waals surface area contributed by atoms with E-state index in [0.29, 0.717) is 13.2 Å². The number of hydrogen-bond donors (Lipinski definition) is 0. The fraction of sp³-hybridized carbons (Fsp3) is 0.368. The van der Waals surface area contributed by atoms with Gasteiger partial charge in [-0.05, 0) is 42.2 Å². The molecule has 0 N–H and O–H groups in total. The van der Waals surface area contributed by atoms with Crippen LogP contribution in [-0.4, -0.2) is 25.9 Å². The number of aryl methyl sites for hydroxylation is 1. The van der Waals surface area contributed by atoms with Crippen LogP contribution >= 0.6 is 0 Å². The Kier molecular flexibility index (Phi) is 5.26. The van der Waals surface area contributed by atoms with Crippen LogP contribution in [0.1, 0.15) is 17.5 Å². The third-order valence-corrected chi connectivity index (χ3v) is 3.98. The van der Waals surface area contributed by atoms with Crippen molar-refractivity contribution in [3.63, 3.8) is 0 Å². The molecule has 1 aliphatic heterocycles. The molecule has 1 saturated heterocycles. The number of benzene rings is 2. The Balaban J connectivity index is 1.59. The van der Waals surface area contributed by atoms with E-state index in [4.69, 9.17) is 14.2 Å². The Labute approximate surface area is 136 Å². The van der Waals surface area contributed by atoms with E-state index in [2.05, 4.69) is 0 Å². The van der Waals surface area contributed by atoms with Crippen molar-refractivity contribution in [2.75, 3.05) is 13.7 Å². The van der Waals surface area contributed by atoms with E-state index in [1.165, 1.54) is 6.07 Å². The number of halogens is 1. The van der Waals surface area contributed by atoms with Gasteiger partial charge >= 0.3 is 0 Å². The van der Waals surface area contributed by atoms with Crippen molar-refractivity contribution in [1.82, 2.24) is 0 Å². The number of ether oxygens (including phenoxy) is 3. The Morgan fingerprint density at radius 3 is 2.70 bits per heavy atom. The molecule has 1 heterocycles. The summed E-state index contributed by atoms with van der Waals surface area (Å²) >= 11 is 0. The monoisotopic (exact) mass is 316 g/mol. The minimum Gasteiger partial charge on any atom is -0.489 e. The van der Waals surface area contributed by atoms with Crippen molar-refractivity contribution in [2.45, 2.75) is 31.7 Å². The van der Waals surface area contributed by atoms with Gasteiger partial charge < -0.3 is 14.2 Å². The highest BCUT2D eigenvalue weighted by Gasteiger charge is 2.38. The van der Waals surface area contributed by atoms with Crippen LogP contribution in [0.2, 0.25) is 0 Å². The lowest BCUT2D eigenvalue weighted by Crippen LogP contribution is -2.04. The van der Waals surface area contributed by atoms with Crippen LogP contribution in [0.3, 0.4) is 0 Å². The molecule has 2 unspecified atom stereocenters. The summed E-state index contributed by atoms with van der Waals surface area (Å²) in [6.07, 6.45) is 1.97. The minimum atomic E-state index is -0.239. The third kappa shape index (κ3) is 4.53. The molecule has 3 nitrogen and oxygen atoms in total. The van der Waals surface area contributed by atoms with Gasteiger partial charge in [0.1, 0.15) is 24.3 Å². The van der Waals surface area contributed by atoms with E-state index in [1.807, 2.05) is 30.3 Å². The minimum absolute atomic E-state index is 0.183. The zero-order chi connectivity index (χ0) is 16.1. The first-order chi connectivity index (χ1) is 11.3. The molecule has 0 amide bonds. The van der Waals surface area contributed by atoms with E-state index in [1.54, 1.807) is 19.2 Å². The summed E-state index contributed by atoms with van der Waals surface area (Å²) in [5, 5.41) is 0. The molecule has 4 heteroatoms. The summed E-state index contributed by atoms with van der Waals surface area (Å²) in [4.78, 5) is 0.